The van der Waals surface area contributed by atoms with Gasteiger partial charge in [-0.1, -0.05) is 6.92 Å². The van der Waals surface area contributed by atoms with Gasteiger partial charge in [-0.25, -0.2) is 8.78 Å². The molecule has 3 unspecified atom stereocenters. The van der Waals surface area contributed by atoms with Gasteiger partial charge in [0.05, 0.1) is 5.60 Å². The average molecular weight is 263 g/mol. The minimum atomic E-state index is -2.46. The number of alkyl halides is 2. The third kappa shape index (κ3) is 3.89. The lowest BCUT2D eigenvalue weighted by atomic mass is 9.78. The summed E-state index contributed by atoms with van der Waals surface area (Å²) in [5.41, 5.74) is -0.276. The summed E-state index contributed by atoms with van der Waals surface area (Å²) in [6, 6.07) is 0.131. The standard InChI is InChI=1S/C14H27F2NO/c1-5-13(2,18-4)12(17-3)9-11-7-6-8-14(15,16)10-11/h11-12,17H,5-10H2,1-4H3. The van der Waals surface area contributed by atoms with Crippen molar-refractivity contribution in [2.45, 2.75) is 69.9 Å². The highest BCUT2D eigenvalue weighted by Gasteiger charge is 2.39. The molecule has 0 radical (unpaired) electrons. The number of halogens is 2. The van der Waals surface area contributed by atoms with Crippen molar-refractivity contribution in [1.29, 1.82) is 0 Å². The largest absolute Gasteiger partial charge is 0.377 e. The maximum absolute atomic E-state index is 13.4. The van der Waals surface area contributed by atoms with E-state index in [1.807, 2.05) is 7.05 Å². The number of likely N-dealkylation sites (N-methyl/N-ethyl adjacent to an activating group) is 1. The molecular weight excluding hydrogens is 236 g/mol. The van der Waals surface area contributed by atoms with Gasteiger partial charge in [-0.15, -0.1) is 0 Å². The van der Waals surface area contributed by atoms with Crippen LogP contribution in [-0.2, 0) is 4.74 Å². The highest BCUT2D eigenvalue weighted by molar-refractivity contribution is 4.91. The zero-order chi connectivity index (χ0) is 13.8. The first-order valence-electron chi connectivity index (χ1n) is 6.97. The minimum absolute atomic E-state index is 0.0364. The summed E-state index contributed by atoms with van der Waals surface area (Å²) < 4.78 is 32.4. The average Bonchev–Trinajstić information content (AvgIpc) is 2.34. The van der Waals surface area contributed by atoms with E-state index < -0.39 is 5.92 Å². The number of hydrogen-bond donors (Lipinski definition) is 1. The van der Waals surface area contributed by atoms with Crippen LogP contribution >= 0.6 is 0 Å². The van der Waals surface area contributed by atoms with E-state index in [-0.39, 0.29) is 30.4 Å². The summed E-state index contributed by atoms with van der Waals surface area (Å²) in [5.74, 6) is -2.36. The van der Waals surface area contributed by atoms with Crippen molar-refractivity contribution in [2.75, 3.05) is 14.2 Å². The van der Waals surface area contributed by atoms with Crippen LogP contribution in [-0.4, -0.2) is 31.7 Å². The van der Waals surface area contributed by atoms with Gasteiger partial charge in [-0.3, -0.25) is 0 Å². The molecular formula is C14H27F2NO. The molecule has 1 saturated carbocycles. The van der Waals surface area contributed by atoms with Gasteiger partial charge in [0.1, 0.15) is 0 Å². The molecule has 4 heteroatoms. The van der Waals surface area contributed by atoms with Gasteiger partial charge < -0.3 is 10.1 Å². The molecule has 0 amide bonds. The Labute approximate surface area is 109 Å². The highest BCUT2D eigenvalue weighted by Crippen LogP contribution is 2.39. The van der Waals surface area contributed by atoms with E-state index in [0.29, 0.717) is 6.42 Å². The Kier molecular flexibility index (Phi) is 5.53. The van der Waals surface area contributed by atoms with Gasteiger partial charge in [0, 0.05) is 26.0 Å². The Balaban J connectivity index is 2.63. The number of ether oxygens (including phenoxy) is 1. The molecule has 3 atom stereocenters. The molecule has 1 aliphatic carbocycles. The molecule has 1 fully saturated rings. The van der Waals surface area contributed by atoms with Gasteiger partial charge in [-0.05, 0) is 45.6 Å². The first-order valence-corrected chi connectivity index (χ1v) is 6.97. The quantitative estimate of drug-likeness (QED) is 0.790. The summed E-state index contributed by atoms with van der Waals surface area (Å²) in [4.78, 5) is 0. The predicted octanol–water partition coefficient (Wildman–Crippen LogP) is 3.61. The summed E-state index contributed by atoms with van der Waals surface area (Å²) in [7, 11) is 3.59. The maximum Gasteiger partial charge on any atom is 0.248 e. The molecule has 0 aromatic rings. The minimum Gasteiger partial charge on any atom is -0.377 e. The van der Waals surface area contributed by atoms with Gasteiger partial charge in [0.25, 0.3) is 0 Å². The lowest BCUT2D eigenvalue weighted by molar-refractivity contribution is -0.0685. The van der Waals surface area contributed by atoms with E-state index in [1.54, 1.807) is 7.11 Å². The first kappa shape index (κ1) is 15.8. The monoisotopic (exact) mass is 263 g/mol. The summed E-state index contributed by atoms with van der Waals surface area (Å²) in [6.07, 6.45) is 3.29. The Bertz CT molecular complexity index is 254. The van der Waals surface area contributed by atoms with Gasteiger partial charge in [-0.2, -0.15) is 0 Å². The second-order valence-corrected chi connectivity index (χ2v) is 5.77. The maximum atomic E-state index is 13.4. The zero-order valence-corrected chi connectivity index (χ0v) is 12.1. The molecule has 0 spiro atoms. The van der Waals surface area contributed by atoms with Crippen LogP contribution in [0.1, 0.15) is 52.4 Å². The van der Waals surface area contributed by atoms with Gasteiger partial charge >= 0.3 is 0 Å². The molecule has 1 aliphatic rings. The predicted molar refractivity (Wildman–Crippen MR) is 70.1 cm³/mol. The van der Waals surface area contributed by atoms with E-state index in [1.165, 1.54) is 0 Å². The van der Waals surface area contributed by atoms with Crippen molar-refractivity contribution >= 4 is 0 Å². The number of nitrogens with one attached hydrogen (secondary N) is 1. The van der Waals surface area contributed by atoms with Crippen molar-refractivity contribution < 1.29 is 13.5 Å². The van der Waals surface area contributed by atoms with Crippen molar-refractivity contribution in [2.24, 2.45) is 5.92 Å². The van der Waals surface area contributed by atoms with Gasteiger partial charge in [0.2, 0.25) is 5.92 Å². The van der Waals surface area contributed by atoms with E-state index in [0.717, 1.165) is 19.3 Å². The molecule has 108 valence electrons. The Hall–Kier alpha value is -0.220. The SMILES string of the molecule is CCC(C)(OC)C(CC1CCCC(F)(F)C1)NC. The molecule has 1 N–H and O–H groups in total. The molecule has 0 aromatic carbocycles. The van der Waals surface area contributed by atoms with E-state index in [2.05, 4.69) is 19.2 Å². The van der Waals surface area contributed by atoms with Crippen LogP contribution in [0.3, 0.4) is 0 Å². The second-order valence-electron chi connectivity index (χ2n) is 5.77. The molecule has 2 nitrogen and oxygen atoms in total. The van der Waals surface area contributed by atoms with Crippen LogP contribution in [0.5, 0.6) is 0 Å². The van der Waals surface area contributed by atoms with Crippen LogP contribution in [0.25, 0.3) is 0 Å². The first-order chi connectivity index (χ1) is 8.37. The van der Waals surface area contributed by atoms with Crippen molar-refractivity contribution in [3.05, 3.63) is 0 Å². The summed E-state index contributed by atoms with van der Waals surface area (Å²) in [5, 5.41) is 3.25. The van der Waals surface area contributed by atoms with E-state index >= 15 is 0 Å². The van der Waals surface area contributed by atoms with Crippen molar-refractivity contribution in [3.63, 3.8) is 0 Å². The molecule has 0 heterocycles. The highest BCUT2D eigenvalue weighted by atomic mass is 19.3. The Morgan fingerprint density at radius 1 is 1.50 bits per heavy atom. The van der Waals surface area contributed by atoms with Crippen molar-refractivity contribution in [1.82, 2.24) is 5.32 Å². The molecule has 1 rings (SSSR count). The lowest BCUT2D eigenvalue weighted by Gasteiger charge is -2.39. The summed E-state index contributed by atoms with van der Waals surface area (Å²) in [6.45, 7) is 4.12. The second kappa shape index (κ2) is 6.29. The molecule has 0 aliphatic heterocycles. The van der Waals surface area contributed by atoms with Crippen LogP contribution in [0.15, 0.2) is 0 Å². The molecule has 0 saturated heterocycles. The fraction of sp³-hybridized carbons (Fsp3) is 1.00. The Morgan fingerprint density at radius 3 is 2.61 bits per heavy atom. The van der Waals surface area contributed by atoms with Gasteiger partial charge in [0.15, 0.2) is 0 Å². The van der Waals surface area contributed by atoms with Crippen LogP contribution in [0.2, 0.25) is 0 Å². The topological polar surface area (TPSA) is 21.3 Å². The fourth-order valence-corrected chi connectivity index (χ4v) is 3.02. The van der Waals surface area contributed by atoms with E-state index in [4.69, 9.17) is 4.74 Å². The number of methoxy groups -OCH3 is 1. The van der Waals surface area contributed by atoms with Crippen LogP contribution in [0.4, 0.5) is 8.78 Å². The number of hydrogen-bond acceptors (Lipinski definition) is 2. The van der Waals surface area contributed by atoms with Crippen LogP contribution in [0, 0.1) is 5.92 Å². The number of rotatable bonds is 6. The van der Waals surface area contributed by atoms with Crippen molar-refractivity contribution in [3.8, 4) is 0 Å². The molecule has 18 heavy (non-hydrogen) atoms. The zero-order valence-electron chi connectivity index (χ0n) is 12.1. The third-order valence-corrected chi connectivity index (χ3v) is 4.57. The van der Waals surface area contributed by atoms with Crippen LogP contribution < -0.4 is 5.32 Å². The third-order valence-electron chi connectivity index (χ3n) is 4.57. The van der Waals surface area contributed by atoms with E-state index in [9.17, 15) is 8.78 Å². The Morgan fingerprint density at radius 2 is 2.17 bits per heavy atom. The molecule has 0 aromatic heterocycles. The lowest BCUT2D eigenvalue weighted by Crippen LogP contribution is -2.50. The summed E-state index contributed by atoms with van der Waals surface area (Å²) >= 11 is 0. The fourth-order valence-electron chi connectivity index (χ4n) is 3.02. The smallest absolute Gasteiger partial charge is 0.248 e. The normalized spacial score (nSPS) is 28.7. The molecule has 0 bridgehead atoms.